The van der Waals surface area contributed by atoms with Crippen LogP contribution < -0.4 is 5.32 Å². The van der Waals surface area contributed by atoms with Crippen LogP contribution >= 0.6 is 0 Å². The minimum absolute atomic E-state index is 0.0943. The van der Waals surface area contributed by atoms with E-state index >= 15 is 0 Å². The maximum atomic E-state index is 13.3. The number of para-hydroxylation sites is 1. The predicted molar refractivity (Wildman–Crippen MR) is 126 cm³/mol. The molecule has 1 amide bonds. The lowest BCUT2D eigenvalue weighted by Crippen LogP contribution is -2.50. The monoisotopic (exact) mass is 452 g/mol. The molecule has 1 aliphatic rings. The molecule has 1 saturated heterocycles. The molecule has 0 atom stereocenters. The van der Waals surface area contributed by atoms with Crippen LogP contribution in [0, 0.1) is 6.92 Å². The molecule has 8 heteroatoms. The van der Waals surface area contributed by atoms with Gasteiger partial charge in [-0.15, -0.1) is 0 Å². The van der Waals surface area contributed by atoms with Crippen molar-refractivity contribution in [3.8, 4) is 0 Å². The van der Waals surface area contributed by atoms with Gasteiger partial charge in [0.1, 0.15) is 4.90 Å². The summed E-state index contributed by atoms with van der Waals surface area (Å²) in [6, 6.07) is 15.0. The largest absolute Gasteiger partial charge is 0.325 e. The Bertz CT molecular complexity index is 1230. The van der Waals surface area contributed by atoms with Crippen molar-refractivity contribution < 1.29 is 13.2 Å². The quantitative estimate of drug-likeness (QED) is 0.622. The second kappa shape index (κ2) is 9.36. The Morgan fingerprint density at radius 3 is 2.56 bits per heavy atom. The van der Waals surface area contributed by atoms with Gasteiger partial charge in [0.25, 0.3) is 0 Å². The van der Waals surface area contributed by atoms with Gasteiger partial charge in [-0.2, -0.15) is 4.31 Å². The number of piperazine rings is 1. The Kier molecular flexibility index (Phi) is 6.55. The highest BCUT2D eigenvalue weighted by Gasteiger charge is 2.30. The third kappa shape index (κ3) is 4.82. The van der Waals surface area contributed by atoms with E-state index in [2.05, 4.69) is 17.2 Å². The number of nitrogens with zero attached hydrogens (tertiary/aromatic N) is 3. The zero-order chi connectivity index (χ0) is 22.7. The van der Waals surface area contributed by atoms with E-state index in [1.807, 2.05) is 48.2 Å². The van der Waals surface area contributed by atoms with E-state index in [-0.39, 0.29) is 17.3 Å². The van der Waals surface area contributed by atoms with Crippen molar-refractivity contribution in [1.29, 1.82) is 0 Å². The fourth-order valence-electron chi connectivity index (χ4n) is 3.99. The number of amides is 1. The number of hydrogen-bond donors (Lipinski definition) is 1. The molecule has 4 rings (SSSR count). The summed E-state index contributed by atoms with van der Waals surface area (Å²) in [6.45, 7) is 5.91. The number of carbonyl (C=O) groups excluding carboxylic acids is 1. The summed E-state index contributed by atoms with van der Waals surface area (Å²) in [4.78, 5) is 19.1. The van der Waals surface area contributed by atoms with Crippen LogP contribution in [-0.2, 0) is 21.2 Å². The molecule has 0 radical (unpaired) electrons. The summed E-state index contributed by atoms with van der Waals surface area (Å²) in [5.74, 6) is -0.0943. The van der Waals surface area contributed by atoms with E-state index in [0.29, 0.717) is 31.7 Å². The van der Waals surface area contributed by atoms with Crippen LogP contribution in [0.1, 0.15) is 18.1 Å². The van der Waals surface area contributed by atoms with Crippen LogP contribution in [0.3, 0.4) is 0 Å². The van der Waals surface area contributed by atoms with Gasteiger partial charge in [0.15, 0.2) is 0 Å². The van der Waals surface area contributed by atoms with Gasteiger partial charge >= 0.3 is 0 Å². The summed E-state index contributed by atoms with van der Waals surface area (Å²) < 4.78 is 28.1. The average Bonchev–Trinajstić information content (AvgIpc) is 2.78. The van der Waals surface area contributed by atoms with E-state index in [1.54, 1.807) is 18.3 Å². The topological polar surface area (TPSA) is 82.6 Å². The highest BCUT2D eigenvalue weighted by Crippen LogP contribution is 2.25. The van der Waals surface area contributed by atoms with E-state index in [4.69, 9.17) is 0 Å². The zero-order valence-electron chi connectivity index (χ0n) is 18.4. The van der Waals surface area contributed by atoms with Crippen LogP contribution in [-0.4, -0.2) is 61.2 Å². The SMILES string of the molecule is CCc1cccc(NC(=O)CN2CCN(S(=O)(=O)c3cccc4cc(C)cnc34)CC2)c1. The highest BCUT2D eigenvalue weighted by molar-refractivity contribution is 7.89. The van der Waals surface area contributed by atoms with Crippen molar-refractivity contribution in [3.05, 3.63) is 65.9 Å². The van der Waals surface area contributed by atoms with Crippen LogP contribution in [0.4, 0.5) is 5.69 Å². The van der Waals surface area contributed by atoms with Crippen LogP contribution in [0.2, 0.25) is 0 Å². The van der Waals surface area contributed by atoms with Crippen molar-refractivity contribution >= 4 is 32.5 Å². The van der Waals surface area contributed by atoms with Crippen molar-refractivity contribution in [3.63, 3.8) is 0 Å². The number of hydrogen-bond acceptors (Lipinski definition) is 5. The Balaban J connectivity index is 1.39. The van der Waals surface area contributed by atoms with Gasteiger partial charge in [0.2, 0.25) is 15.9 Å². The minimum atomic E-state index is -3.67. The number of sulfonamides is 1. The molecule has 1 aliphatic heterocycles. The molecule has 0 saturated carbocycles. The molecule has 0 spiro atoms. The number of anilines is 1. The van der Waals surface area contributed by atoms with Gasteiger partial charge < -0.3 is 5.32 Å². The van der Waals surface area contributed by atoms with Gasteiger partial charge in [0.05, 0.1) is 12.1 Å². The van der Waals surface area contributed by atoms with Crippen molar-refractivity contribution in [2.24, 2.45) is 0 Å². The molecule has 1 fully saturated rings. The second-order valence-corrected chi connectivity index (χ2v) is 10.0. The number of carbonyl (C=O) groups is 1. The molecule has 2 aromatic carbocycles. The van der Waals surface area contributed by atoms with Crippen LogP contribution in [0.15, 0.2) is 59.6 Å². The Hall–Kier alpha value is -2.81. The first-order chi connectivity index (χ1) is 15.4. The van der Waals surface area contributed by atoms with E-state index < -0.39 is 10.0 Å². The molecule has 1 aromatic heterocycles. The maximum Gasteiger partial charge on any atom is 0.245 e. The molecule has 2 heterocycles. The predicted octanol–water partition coefficient (Wildman–Crippen LogP) is 3.05. The lowest BCUT2D eigenvalue weighted by atomic mass is 10.1. The summed E-state index contributed by atoms with van der Waals surface area (Å²) in [7, 11) is -3.67. The molecule has 0 bridgehead atoms. The Morgan fingerprint density at radius 1 is 1.06 bits per heavy atom. The first-order valence-electron chi connectivity index (χ1n) is 10.8. The molecule has 7 nitrogen and oxygen atoms in total. The molecular weight excluding hydrogens is 424 g/mol. The third-order valence-electron chi connectivity index (χ3n) is 5.75. The average molecular weight is 453 g/mol. The fraction of sp³-hybridized carbons (Fsp3) is 0.333. The minimum Gasteiger partial charge on any atom is -0.325 e. The normalized spacial score (nSPS) is 15.7. The van der Waals surface area contributed by atoms with E-state index in [0.717, 1.165) is 23.1 Å². The number of fused-ring (bicyclic) bond motifs is 1. The first-order valence-corrected chi connectivity index (χ1v) is 12.3. The summed E-state index contributed by atoms with van der Waals surface area (Å²) in [5.41, 5.74) is 3.43. The second-order valence-electron chi connectivity index (χ2n) is 8.12. The Labute approximate surface area is 189 Å². The molecule has 0 unspecified atom stereocenters. The molecule has 1 N–H and O–H groups in total. The lowest BCUT2D eigenvalue weighted by Gasteiger charge is -2.33. The molecular formula is C24H28N4O3S. The van der Waals surface area contributed by atoms with Crippen molar-refractivity contribution in [1.82, 2.24) is 14.2 Å². The van der Waals surface area contributed by atoms with Crippen LogP contribution in [0.25, 0.3) is 10.9 Å². The number of pyridine rings is 1. The molecule has 32 heavy (non-hydrogen) atoms. The highest BCUT2D eigenvalue weighted by atomic mass is 32.2. The van der Waals surface area contributed by atoms with Gasteiger partial charge in [0, 0.05) is 43.4 Å². The molecule has 168 valence electrons. The van der Waals surface area contributed by atoms with Crippen molar-refractivity contribution in [2.45, 2.75) is 25.2 Å². The number of benzene rings is 2. The first kappa shape index (κ1) is 22.4. The van der Waals surface area contributed by atoms with Crippen molar-refractivity contribution in [2.75, 3.05) is 38.0 Å². The number of aryl methyl sites for hydroxylation is 2. The Morgan fingerprint density at radius 2 is 1.81 bits per heavy atom. The van der Waals surface area contributed by atoms with Gasteiger partial charge in [-0.3, -0.25) is 14.7 Å². The zero-order valence-corrected chi connectivity index (χ0v) is 19.2. The van der Waals surface area contributed by atoms with E-state index in [9.17, 15) is 13.2 Å². The maximum absolute atomic E-state index is 13.3. The van der Waals surface area contributed by atoms with E-state index in [1.165, 1.54) is 9.87 Å². The smallest absolute Gasteiger partial charge is 0.245 e. The van der Waals surface area contributed by atoms with Gasteiger partial charge in [-0.1, -0.05) is 31.2 Å². The number of nitrogens with one attached hydrogen (secondary N) is 1. The van der Waals surface area contributed by atoms with Gasteiger partial charge in [-0.05, 0) is 48.7 Å². The standard InChI is InChI=1S/C24H28N4O3S/c1-3-19-6-4-8-21(15-19)26-23(29)17-27-10-12-28(13-11-27)32(30,31)22-9-5-7-20-14-18(2)16-25-24(20)22/h4-9,14-16H,3,10-13,17H2,1-2H3,(H,26,29). The molecule has 0 aliphatic carbocycles. The fourth-order valence-corrected chi connectivity index (χ4v) is 5.58. The summed E-state index contributed by atoms with van der Waals surface area (Å²) >= 11 is 0. The summed E-state index contributed by atoms with van der Waals surface area (Å²) in [5, 5.41) is 3.75. The van der Waals surface area contributed by atoms with Gasteiger partial charge in [-0.25, -0.2) is 8.42 Å². The third-order valence-corrected chi connectivity index (χ3v) is 7.68. The van der Waals surface area contributed by atoms with Crippen LogP contribution in [0.5, 0.6) is 0 Å². The number of rotatable bonds is 6. The number of aromatic nitrogens is 1. The molecule has 3 aromatic rings. The lowest BCUT2D eigenvalue weighted by molar-refractivity contribution is -0.117. The summed E-state index contributed by atoms with van der Waals surface area (Å²) in [6.07, 6.45) is 2.60.